The van der Waals surface area contributed by atoms with Gasteiger partial charge in [-0.25, -0.2) is 14.6 Å². The molecule has 7 nitrogen and oxygen atoms in total. The number of H-pyrrole nitrogens is 1. The van der Waals surface area contributed by atoms with E-state index in [1.165, 1.54) is 7.11 Å². The first-order valence-electron chi connectivity index (χ1n) is 9.00. The van der Waals surface area contributed by atoms with Gasteiger partial charge in [0.1, 0.15) is 6.04 Å². The topological polar surface area (TPSA) is 87.3 Å². The molecule has 0 unspecified atom stereocenters. The summed E-state index contributed by atoms with van der Waals surface area (Å²) < 4.78 is 4.74. The number of esters is 1. The van der Waals surface area contributed by atoms with Crippen LogP contribution in [-0.2, 0) is 11.2 Å². The highest BCUT2D eigenvalue weighted by molar-refractivity contribution is 5.94. The largest absolute Gasteiger partial charge is 0.465 e. The van der Waals surface area contributed by atoms with E-state index in [1.807, 2.05) is 30.3 Å². The van der Waals surface area contributed by atoms with Gasteiger partial charge in [-0.05, 0) is 23.8 Å². The second kappa shape index (κ2) is 7.56. The number of imidazole rings is 1. The molecule has 0 saturated carbocycles. The van der Waals surface area contributed by atoms with Crippen LogP contribution in [-0.4, -0.2) is 40.5 Å². The molecule has 7 heteroatoms. The lowest BCUT2D eigenvalue weighted by Crippen LogP contribution is -2.43. The van der Waals surface area contributed by atoms with Gasteiger partial charge in [0.2, 0.25) is 0 Å². The number of rotatable bonds is 3. The Bertz CT molecular complexity index is 1000. The zero-order valence-corrected chi connectivity index (χ0v) is 15.4. The number of fused-ring (bicyclic) bond motifs is 1. The number of aromatic nitrogens is 2. The number of nitrogens with zero attached hydrogens (tertiary/aromatic N) is 2. The molecule has 1 aliphatic heterocycles. The first kappa shape index (κ1) is 17.8. The number of hydrogen-bond donors (Lipinski definition) is 2. The Morgan fingerprint density at radius 1 is 1.18 bits per heavy atom. The molecule has 0 saturated heterocycles. The van der Waals surface area contributed by atoms with Crippen molar-refractivity contribution in [3.05, 3.63) is 83.4 Å². The summed E-state index contributed by atoms with van der Waals surface area (Å²) >= 11 is 0. The van der Waals surface area contributed by atoms with Crippen molar-refractivity contribution in [3.63, 3.8) is 0 Å². The van der Waals surface area contributed by atoms with E-state index in [0.717, 1.165) is 17.0 Å². The van der Waals surface area contributed by atoms with Gasteiger partial charge < -0.3 is 19.9 Å². The van der Waals surface area contributed by atoms with Gasteiger partial charge in [-0.15, -0.1) is 0 Å². The molecule has 1 aliphatic rings. The summed E-state index contributed by atoms with van der Waals surface area (Å²) in [4.78, 5) is 34.2. The number of carbonyl (C=O) groups excluding carboxylic acids is 2. The SMILES string of the molecule is COC(=O)c1cccc(NC(=O)N2CCc3[nH]cnc3[C@@H]2c2ccccc2)c1. The Morgan fingerprint density at radius 3 is 2.79 bits per heavy atom. The number of hydrogen-bond acceptors (Lipinski definition) is 4. The number of ether oxygens (including phenoxy) is 1. The quantitative estimate of drug-likeness (QED) is 0.686. The maximum absolute atomic E-state index is 13.1. The predicted molar refractivity (Wildman–Crippen MR) is 104 cm³/mol. The molecule has 28 heavy (non-hydrogen) atoms. The van der Waals surface area contributed by atoms with Crippen molar-refractivity contribution in [2.45, 2.75) is 12.5 Å². The van der Waals surface area contributed by atoms with Gasteiger partial charge >= 0.3 is 12.0 Å². The summed E-state index contributed by atoms with van der Waals surface area (Å²) in [6.45, 7) is 0.553. The molecule has 4 rings (SSSR count). The molecule has 2 heterocycles. The van der Waals surface area contributed by atoms with Crippen molar-refractivity contribution in [2.24, 2.45) is 0 Å². The van der Waals surface area contributed by atoms with Gasteiger partial charge in [0.15, 0.2) is 0 Å². The minimum Gasteiger partial charge on any atom is -0.465 e. The summed E-state index contributed by atoms with van der Waals surface area (Å²) in [6.07, 6.45) is 2.37. The van der Waals surface area contributed by atoms with Crippen LogP contribution in [0.25, 0.3) is 0 Å². The highest BCUT2D eigenvalue weighted by atomic mass is 16.5. The lowest BCUT2D eigenvalue weighted by atomic mass is 9.96. The van der Waals surface area contributed by atoms with Crippen LogP contribution in [0.3, 0.4) is 0 Å². The number of aromatic amines is 1. The van der Waals surface area contributed by atoms with E-state index in [-0.39, 0.29) is 12.1 Å². The van der Waals surface area contributed by atoms with Gasteiger partial charge in [-0.1, -0.05) is 36.4 Å². The molecule has 1 atom stereocenters. The summed E-state index contributed by atoms with van der Waals surface area (Å²) in [5.74, 6) is -0.447. The minimum absolute atomic E-state index is 0.246. The van der Waals surface area contributed by atoms with E-state index in [0.29, 0.717) is 24.2 Å². The second-order valence-electron chi connectivity index (χ2n) is 6.53. The fourth-order valence-corrected chi connectivity index (χ4v) is 3.51. The Balaban J connectivity index is 1.62. The number of benzene rings is 2. The fraction of sp³-hybridized carbons (Fsp3) is 0.190. The molecular weight excluding hydrogens is 356 g/mol. The Kier molecular flexibility index (Phi) is 4.80. The Labute approximate surface area is 162 Å². The summed E-state index contributed by atoms with van der Waals surface area (Å²) in [6, 6.07) is 16.0. The minimum atomic E-state index is -0.447. The Morgan fingerprint density at radius 2 is 2.00 bits per heavy atom. The van der Waals surface area contributed by atoms with Crippen LogP contribution in [0.2, 0.25) is 0 Å². The van der Waals surface area contributed by atoms with Gasteiger partial charge in [-0.2, -0.15) is 0 Å². The first-order chi connectivity index (χ1) is 13.7. The molecular formula is C21H20N4O3. The summed E-state index contributed by atoms with van der Waals surface area (Å²) in [5, 5.41) is 2.89. The third kappa shape index (κ3) is 3.34. The van der Waals surface area contributed by atoms with Crippen molar-refractivity contribution in [2.75, 3.05) is 19.0 Å². The molecule has 0 aliphatic carbocycles. The van der Waals surface area contributed by atoms with Gasteiger partial charge in [-0.3, -0.25) is 0 Å². The van der Waals surface area contributed by atoms with Crippen LogP contribution in [0, 0.1) is 0 Å². The van der Waals surface area contributed by atoms with Crippen LogP contribution >= 0.6 is 0 Å². The molecule has 0 bridgehead atoms. The molecule has 0 fully saturated rings. The molecule has 2 aromatic carbocycles. The van der Waals surface area contributed by atoms with Crippen molar-refractivity contribution >= 4 is 17.7 Å². The number of urea groups is 1. The van der Waals surface area contributed by atoms with E-state index in [1.54, 1.807) is 35.5 Å². The van der Waals surface area contributed by atoms with Crippen molar-refractivity contribution < 1.29 is 14.3 Å². The average molecular weight is 376 g/mol. The van der Waals surface area contributed by atoms with Crippen molar-refractivity contribution in [3.8, 4) is 0 Å². The van der Waals surface area contributed by atoms with Crippen molar-refractivity contribution in [1.29, 1.82) is 0 Å². The smallest absolute Gasteiger partial charge is 0.337 e. The molecule has 0 radical (unpaired) electrons. The van der Waals surface area contributed by atoms with E-state index in [2.05, 4.69) is 15.3 Å². The van der Waals surface area contributed by atoms with Crippen LogP contribution in [0.15, 0.2) is 60.9 Å². The highest BCUT2D eigenvalue weighted by Crippen LogP contribution is 2.33. The van der Waals surface area contributed by atoms with Crippen LogP contribution < -0.4 is 5.32 Å². The zero-order chi connectivity index (χ0) is 19.5. The third-order valence-corrected chi connectivity index (χ3v) is 4.84. The third-order valence-electron chi connectivity index (χ3n) is 4.84. The average Bonchev–Trinajstić information content (AvgIpc) is 3.22. The highest BCUT2D eigenvalue weighted by Gasteiger charge is 2.34. The van der Waals surface area contributed by atoms with Crippen molar-refractivity contribution in [1.82, 2.24) is 14.9 Å². The molecule has 1 aromatic heterocycles. The fourth-order valence-electron chi connectivity index (χ4n) is 3.51. The monoisotopic (exact) mass is 376 g/mol. The Hall–Kier alpha value is -3.61. The maximum Gasteiger partial charge on any atom is 0.337 e. The predicted octanol–water partition coefficient (Wildman–Crippen LogP) is 3.38. The van der Waals surface area contributed by atoms with Gasteiger partial charge in [0, 0.05) is 24.3 Å². The number of anilines is 1. The number of nitrogens with one attached hydrogen (secondary N) is 2. The van der Waals surface area contributed by atoms with Crippen LogP contribution in [0.4, 0.5) is 10.5 Å². The number of amides is 2. The van der Waals surface area contributed by atoms with Gasteiger partial charge in [0.05, 0.1) is 24.7 Å². The number of methoxy groups -OCH3 is 1. The lowest BCUT2D eigenvalue weighted by Gasteiger charge is -2.35. The maximum atomic E-state index is 13.1. The standard InChI is InChI=1S/C21H20N4O3/c1-28-20(26)15-8-5-9-16(12-15)24-21(27)25-11-10-17-18(23-13-22-17)19(25)14-6-3-2-4-7-14/h2-9,12-13,19H,10-11H2,1H3,(H,22,23)(H,24,27)/t19-/m0/s1. The van der Waals surface area contributed by atoms with E-state index >= 15 is 0 Å². The molecule has 2 amide bonds. The molecule has 3 aromatic rings. The molecule has 0 spiro atoms. The number of carbonyl (C=O) groups is 2. The van der Waals surface area contributed by atoms with E-state index in [4.69, 9.17) is 4.74 Å². The van der Waals surface area contributed by atoms with Crippen LogP contribution in [0.1, 0.15) is 33.4 Å². The van der Waals surface area contributed by atoms with E-state index < -0.39 is 5.97 Å². The summed E-state index contributed by atoms with van der Waals surface area (Å²) in [7, 11) is 1.33. The normalized spacial score (nSPS) is 15.6. The lowest BCUT2D eigenvalue weighted by molar-refractivity contribution is 0.0600. The molecule has 2 N–H and O–H groups in total. The van der Waals surface area contributed by atoms with Crippen LogP contribution in [0.5, 0.6) is 0 Å². The van der Waals surface area contributed by atoms with Gasteiger partial charge in [0.25, 0.3) is 0 Å². The van der Waals surface area contributed by atoms with E-state index in [9.17, 15) is 9.59 Å². The second-order valence-corrected chi connectivity index (χ2v) is 6.53. The first-order valence-corrected chi connectivity index (χ1v) is 9.00. The summed E-state index contributed by atoms with van der Waals surface area (Å²) in [5.41, 5.74) is 3.82. The molecule has 142 valence electrons. The zero-order valence-electron chi connectivity index (χ0n) is 15.4.